The van der Waals surface area contributed by atoms with Gasteiger partial charge in [0.25, 0.3) is 5.91 Å². The second kappa shape index (κ2) is 9.47. The number of hydrogen-bond donors (Lipinski definition) is 3. The molecule has 0 radical (unpaired) electrons. The Morgan fingerprint density at radius 2 is 1.68 bits per heavy atom. The predicted molar refractivity (Wildman–Crippen MR) is 100 cm³/mol. The van der Waals surface area contributed by atoms with Crippen LogP contribution in [0.3, 0.4) is 0 Å². The molecule has 0 aliphatic carbocycles. The minimum absolute atomic E-state index is 0.481. The summed E-state index contributed by atoms with van der Waals surface area (Å²) in [5, 5.41) is 5.32. The highest BCUT2D eigenvalue weighted by atomic mass is 16.2. The van der Waals surface area contributed by atoms with Crippen LogP contribution in [-0.4, -0.2) is 11.9 Å². The molecule has 4 N–H and O–H groups in total. The van der Waals surface area contributed by atoms with Gasteiger partial charge in [-0.25, -0.2) is 4.79 Å². The van der Waals surface area contributed by atoms with Gasteiger partial charge in [-0.15, -0.1) is 0 Å². The van der Waals surface area contributed by atoms with Gasteiger partial charge in [0.1, 0.15) is 6.04 Å². The monoisotopic (exact) mass is 339 g/mol. The summed E-state index contributed by atoms with van der Waals surface area (Å²) in [6, 6.07) is 15.7. The van der Waals surface area contributed by atoms with Crippen LogP contribution in [0.15, 0.2) is 54.6 Å². The maximum atomic E-state index is 12.3. The zero-order chi connectivity index (χ0) is 18.1. The number of hydrogen-bond acceptors (Lipinski definition) is 3. The Kier molecular flexibility index (Phi) is 7.01. The van der Waals surface area contributed by atoms with Crippen molar-refractivity contribution in [2.45, 2.75) is 38.6 Å². The third kappa shape index (κ3) is 5.95. The summed E-state index contributed by atoms with van der Waals surface area (Å²) >= 11 is 0. The minimum atomic E-state index is -0.862. The van der Waals surface area contributed by atoms with Crippen LogP contribution in [0.25, 0.3) is 0 Å². The van der Waals surface area contributed by atoms with Crippen LogP contribution in [0.4, 0.5) is 10.5 Å². The highest BCUT2D eigenvalue weighted by Gasteiger charge is 2.21. The van der Waals surface area contributed by atoms with Crippen LogP contribution in [-0.2, 0) is 11.2 Å². The van der Waals surface area contributed by atoms with E-state index in [2.05, 4.69) is 29.7 Å². The van der Waals surface area contributed by atoms with E-state index in [1.54, 1.807) is 0 Å². The number of urea groups is 1. The van der Waals surface area contributed by atoms with Gasteiger partial charge < -0.3 is 11.1 Å². The molecule has 0 aromatic heterocycles. The van der Waals surface area contributed by atoms with Gasteiger partial charge in [0.2, 0.25) is 0 Å². The molecule has 0 saturated carbocycles. The summed E-state index contributed by atoms with van der Waals surface area (Å²) in [6.45, 7) is 2.19. The van der Waals surface area contributed by atoms with Crippen LogP contribution >= 0.6 is 0 Å². The number of benzene rings is 2. The molecule has 5 nitrogen and oxygen atoms in total. The van der Waals surface area contributed by atoms with Crippen molar-refractivity contribution in [3.05, 3.63) is 65.7 Å². The lowest BCUT2D eigenvalue weighted by molar-refractivity contribution is -0.120. The van der Waals surface area contributed by atoms with E-state index in [0.29, 0.717) is 0 Å². The summed E-state index contributed by atoms with van der Waals surface area (Å²) in [4.78, 5) is 23.4. The lowest BCUT2D eigenvalue weighted by atomic mass is 10.0. The maximum Gasteiger partial charge on any atom is 0.318 e. The SMILES string of the molecule is CCCCCc1ccc(N[C@H](C(=O)NC(N)=O)c2ccccc2)cc1. The normalized spacial score (nSPS) is 11.6. The van der Waals surface area contributed by atoms with Crippen molar-refractivity contribution in [3.63, 3.8) is 0 Å². The average Bonchev–Trinajstić information content (AvgIpc) is 2.61. The summed E-state index contributed by atoms with van der Waals surface area (Å²) in [5.74, 6) is -0.481. The second-order valence-electron chi connectivity index (χ2n) is 6.00. The molecular formula is C20H25N3O2. The van der Waals surface area contributed by atoms with E-state index in [1.807, 2.05) is 42.5 Å². The van der Waals surface area contributed by atoms with Crippen LogP contribution in [0, 0.1) is 0 Å². The fourth-order valence-electron chi connectivity index (χ4n) is 2.65. The summed E-state index contributed by atoms with van der Waals surface area (Å²) in [7, 11) is 0. The van der Waals surface area contributed by atoms with Gasteiger partial charge in [0.15, 0.2) is 0 Å². The minimum Gasteiger partial charge on any atom is -0.370 e. The Morgan fingerprint density at radius 1 is 1.00 bits per heavy atom. The molecule has 0 saturated heterocycles. The van der Waals surface area contributed by atoms with E-state index < -0.39 is 18.0 Å². The van der Waals surface area contributed by atoms with Crippen molar-refractivity contribution in [1.29, 1.82) is 0 Å². The number of rotatable bonds is 8. The first-order valence-electron chi connectivity index (χ1n) is 8.61. The Bertz CT molecular complexity index is 684. The zero-order valence-electron chi connectivity index (χ0n) is 14.5. The number of unbranched alkanes of at least 4 members (excludes halogenated alkanes) is 2. The molecule has 2 aromatic carbocycles. The van der Waals surface area contributed by atoms with Gasteiger partial charge in [-0.05, 0) is 36.1 Å². The molecule has 0 aliphatic rings. The van der Waals surface area contributed by atoms with E-state index in [4.69, 9.17) is 5.73 Å². The Labute approximate surface area is 148 Å². The van der Waals surface area contributed by atoms with Gasteiger partial charge in [-0.2, -0.15) is 0 Å². The smallest absolute Gasteiger partial charge is 0.318 e. The van der Waals surface area contributed by atoms with E-state index in [1.165, 1.54) is 24.8 Å². The van der Waals surface area contributed by atoms with Crippen molar-refractivity contribution >= 4 is 17.6 Å². The molecule has 2 aromatic rings. The quantitative estimate of drug-likeness (QED) is 0.640. The molecule has 3 amide bonds. The first kappa shape index (κ1) is 18.5. The van der Waals surface area contributed by atoms with Crippen LogP contribution in [0.5, 0.6) is 0 Å². The van der Waals surface area contributed by atoms with Crippen molar-refractivity contribution in [2.24, 2.45) is 5.73 Å². The standard InChI is InChI=1S/C20H25N3O2/c1-2-3-5-8-15-11-13-17(14-12-15)22-18(19(24)23-20(21)25)16-9-6-4-7-10-16/h4,6-7,9-14,18,22H,2-3,5,8H2,1H3,(H3,21,23,24,25)/t18-/m0/s1. The molecule has 5 heteroatoms. The largest absolute Gasteiger partial charge is 0.370 e. The number of imide groups is 1. The summed E-state index contributed by atoms with van der Waals surface area (Å²) in [6.07, 6.45) is 4.66. The molecular weight excluding hydrogens is 314 g/mol. The lowest BCUT2D eigenvalue weighted by Crippen LogP contribution is -2.40. The van der Waals surface area contributed by atoms with Crippen LogP contribution in [0.1, 0.15) is 43.4 Å². The van der Waals surface area contributed by atoms with Gasteiger partial charge in [-0.1, -0.05) is 62.2 Å². The van der Waals surface area contributed by atoms with Crippen molar-refractivity contribution < 1.29 is 9.59 Å². The highest BCUT2D eigenvalue weighted by Crippen LogP contribution is 2.21. The first-order chi connectivity index (χ1) is 12.1. The van der Waals surface area contributed by atoms with E-state index in [-0.39, 0.29) is 0 Å². The topological polar surface area (TPSA) is 84.2 Å². The number of anilines is 1. The number of primary amides is 1. The molecule has 1 atom stereocenters. The molecule has 0 aliphatic heterocycles. The Morgan fingerprint density at radius 3 is 2.28 bits per heavy atom. The zero-order valence-corrected chi connectivity index (χ0v) is 14.5. The predicted octanol–water partition coefficient (Wildman–Crippen LogP) is 3.77. The number of aryl methyl sites for hydroxylation is 1. The van der Waals surface area contributed by atoms with Crippen molar-refractivity contribution in [2.75, 3.05) is 5.32 Å². The molecule has 25 heavy (non-hydrogen) atoms. The van der Waals surface area contributed by atoms with Gasteiger partial charge >= 0.3 is 6.03 Å². The first-order valence-corrected chi connectivity index (χ1v) is 8.61. The summed E-state index contributed by atoms with van der Waals surface area (Å²) in [5.41, 5.74) is 7.93. The van der Waals surface area contributed by atoms with E-state index in [9.17, 15) is 9.59 Å². The van der Waals surface area contributed by atoms with Crippen LogP contribution < -0.4 is 16.4 Å². The van der Waals surface area contributed by atoms with Gasteiger partial charge in [-0.3, -0.25) is 10.1 Å². The van der Waals surface area contributed by atoms with E-state index >= 15 is 0 Å². The van der Waals surface area contributed by atoms with Gasteiger partial charge in [0.05, 0.1) is 0 Å². The van der Waals surface area contributed by atoms with Gasteiger partial charge in [0, 0.05) is 5.69 Å². The number of nitrogens with one attached hydrogen (secondary N) is 2. The highest BCUT2D eigenvalue weighted by molar-refractivity contribution is 5.98. The molecule has 0 unspecified atom stereocenters. The number of carbonyl (C=O) groups is 2. The average molecular weight is 339 g/mol. The Balaban J connectivity index is 2.10. The molecule has 2 rings (SSSR count). The van der Waals surface area contributed by atoms with E-state index in [0.717, 1.165) is 17.7 Å². The molecule has 0 bridgehead atoms. The third-order valence-corrected chi connectivity index (χ3v) is 3.98. The van der Waals surface area contributed by atoms with Crippen molar-refractivity contribution in [1.82, 2.24) is 5.32 Å². The maximum absolute atomic E-state index is 12.3. The molecule has 0 spiro atoms. The molecule has 0 fully saturated rings. The molecule has 0 heterocycles. The molecule has 132 valence electrons. The third-order valence-electron chi connectivity index (χ3n) is 3.98. The fraction of sp³-hybridized carbons (Fsp3) is 0.300. The second-order valence-corrected chi connectivity index (χ2v) is 6.00. The number of carbonyl (C=O) groups excluding carboxylic acids is 2. The number of nitrogens with two attached hydrogens (primary N) is 1. The van der Waals surface area contributed by atoms with Crippen LogP contribution in [0.2, 0.25) is 0 Å². The number of amides is 3. The van der Waals surface area contributed by atoms with Crippen molar-refractivity contribution in [3.8, 4) is 0 Å². The Hall–Kier alpha value is -2.82. The summed E-state index contributed by atoms with van der Waals surface area (Å²) < 4.78 is 0. The fourth-order valence-corrected chi connectivity index (χ4v) is 2.65. The lowest BCUT2D eigenvalue weighted by Gasteiger charge is -2.19.